The van der Waals surface area contributed by atoms with Crippen LogP contribution in [0.4, 0.5) is 10.5 Å². The van der Waals surface area contributed by atoms with E-state index in [0.717, 1.165) is 0 Å². The van der Waals surface area contributed by atoms with E-state index in [0.29, 0.717) is 28.8 Å². The molecule has 0 spiro atoms. The molecule has 8 heteroatoms. The van der Waals surface area contributed by atoms with Crippen molar-refractivity contribution in [3.8, 4) is 11.5 Å². The number of nitrogens with one attached hydrogen (secondary N) is 3. The molecule has 0 unspecified atom stereocenters. The molecule has 2 rings (SSSR count). The van der Waals surface area contributed by atoms with E-state index in [-0.39, 0.29) is 0 Å². The van der Waals surface area contributed by atoms with Gasteiger partial charge in [-0.2, -0.15) is 0 Å². The molecule has 0 aromatic heterocycles. The molecule has 1 atom stereocenters. The molecule has 0 aliphatic rings. The van der Waals surface area contributed by atoms with Gasteiger partial charge in [0.2, 0.25) is 0 Å². The standard InChI is InChI=1S/C18H20ClN3O4/c1-3-25-15-9-7-14(8-10-15)20-18(24)22-21-17(23)12(2)26-16-6-4-5-13(19)11-16/h4-12H,3H2,1-2H3,(H,21,23)(H2,20,22,24)/t12-/m1/s1. The van der Waals surface area contributed by atoms with Crippen LogP contribution in [0, 0.1) is 0 Å². The highest BCUT2D eigenvalue weighted by atomic mass is 35.5. The van der Waals surface area contributed by atoms with Gasteiger partial charge in [0.05, 0.1) is 6.61 Å². The molecule has 0 aliphatic carbocycles. The molecule has 0 radical (unpaired) electrons. The van der Waals surface area contributed by atoms with Gasteiger partial charge in [-0.1, -0.05) is 17.7 Å². The molecule has 0 aliphatic heterocycles. The number of benzene rings is 2. The summed E-state index contributed by atoms with van der Waals surface area (Å²) in [6.45, 7) is 4.01. The lowest BCUT2D eigenvalue weighted by atomic mass is 10.3. The zero-order valence-electron chi connectivity index (χ0n) is 14.4. The number of urea groups is 1. The van der Waals surface area contributed by atoms with Gasteiger partial charge in [-0.25, -0.2) is 10.2 Å². The van der Waals surface area contributed by atoms with Crippen LogP contribution in [0.3, 0.4) is 0 Å². The third-order valence-corrected chi connectivity index (χ3v) is 3.44. The van der Waals surface area contributed by atoms with Gasteiger partial charge in [-0.15, -0.1) is 0 Å². The number of anilines is 1. The zero-order valence-corrected chi connectivity index (χ0v) is 15.2. The van der Waals surface area contributed by atoms with Crippen molar-refractivity contribution >= 4 is 29.2 Å². The second-order valence-corrected chi connectivity index (χ2v) is 5.68. The fourth-order valence-electron chi connectivity index (χ4n) is 1.98. The van der Waals surface area contributed by atoms with Gasteiger partial charge in [0.25, 0.3) is 5.91 Å². The van der Waals surface area contributed by atoms with Gasteiger partial charge in [-0.3, -0.25) is 10.2 Å². The SMILES string of the molecule is CCOc1ccc(NC(=O)NNC(=O)[C@@H](C)Oc2cccc(Cl)c2)cc1. The van der Waals surface area contributed by atoms with E-state index >= 15 is 0 Å². The van der Waals surface area contributed by atoms with Crippen molar-refractivity contribution in [2.45, 2.75) is 20.0 Å². The van der Waals surface area contributed by atoms with E-state index in [9.17, 15) is 9.59 Å². The molecule has 138 valence electrons. The summed E-state index contributed by atoms with van der Waals surface area (Å²) in [5, 5.41) is 3.09. The first kappa shape index (κ1) is 19.4. The van der Waals surface area contributed by atoms with Crippen molar-refractivity contribution in [3.63, 3.8) is 0 Å². The number of ether oxygens (including phenoxy) is 2. The van der Waals surface area contributed by atoms with Gasteiger partial charge in [-0.05, 0) is 56.3 Å². The number of hydrogen-bond acceptors (Lipinski definition) is 4. The molecule has 0 saturated heterocycles. The fourth-order valence-corrected chi connectivity index (χ4v) is 2.16. The Bertz CT molecular complexity index is 752. The molecule has 2 aromatic rings. The van der Waals surface area contributed by atoms with E-state index in [1.54, 1.807) is 55.5 Å². The number of rotatable bonds is 6. The summed E-state index contributed by atoms with van der Waals surface area (Å²) in [5.41, 5.74) is 5.11. The Kier molecular flexibility index (Phi) is 7.11. The first-order valence-corrected chi connectivity index (χ1v) is 8.37. The van der Waals surface area contributed by atoms with Crippen molar-refractivity contribution in [3.05, 3.63) is 53.6 Å². The number of carbonyl (C=O) groups excluding carboxylic acids is 2. The summed E-state index contributed by atoms with van der Waals surface area (Å²) in [6, 6.07) is 13.0. The molecule has 3 amide bonds. The number of hydrazine groups is 1. The van der Waals surface area contributed by atoms with Gasteiger partial charge in [0.15, 0.2) is 6.10 Å². The maximum Gasteiger partial charge on any atom is 0.337 e. The highest BCUT2D eigenvalue weighted by Gasteiger charge is 2.15. The third kappa shape index (κ3) is 6.18. The molecule has 0 saturated carbocycles. The van der Waals surface area contributed by atoms with Crippen molar-refractivity contribution in [1.82, 2.24) is 10.9 Å². The molecular weight excluding hydrogens is 358 g/mol. The molecule has 3 N–H and O–H groups in total. The fraction of sp³-hybridized carbons (Fsp3) is 0.222. The van der Waals surface area contributed by atoms with E-state index in [1.807, 2.05) is 6.92 Å². The minimum atomic E-state index is -0.820. The monoisotopic (exact) mass is 377 g/mol. The highest BCUT2D eigenvalue weighted by Crippen LogP contribution is 2.18. The first-order valence-electron chi connectivity index (χ1n) is 8.00. The van der Waals surface area contributed by atoms with Crippen LogP contribution in [0.1, 0.15) is 13.8 Å². The summed E-state index contributed by atoms with van der Waals surface area (Å²) in [4.78, 5) is 23.8. The van der Waals surface area contributed by atoms with Gasteiger partial charge >= 0.3 is 6.03 Å². The number of carbonyl (C=O) groups is 2. The van der Waals surface area contributed by atoms with Crippen molar-refractivity contribution in [2.24, 2.45) is 0 Å². The molecule has 26 heavy (non-hydrogen) atoms. The minimum Gasteiger partial charge on any atom is -0.494 e. The number of amides is 3. The maximum atomic E-state index is 12.0. The average molecular weight is 378 g/mol. The van der Waals surface area contributed by atoms with Crippen LogP contribution in [0.15, 0.2) is 48.5 Å². The first-order chi connectivity index (χ1) is 12.5. The summed E-state index contributed by atoms with van der Waals surface area (Å²) in [6.07, 6.45) is -0.820. The second kappa shape index (κ2) is 9.53. The normalized spacial score (nSPS) is 11.2. The Morgan fingerprint density at radius 3 is 2.46 bits per heavy atom. The van der Waals surface area contributed by atoms with Crippen LogP contribution in [0.25, 0.3) is 0 Å². The Morgan fingerprint density at radius 2 is 1.81 bits per heavy atom. The lowest BCUT2D eigenvalue weighted by Gasteiger charge is -2.15. The lowest BCUT2D eigenvalue weighted by molar-refractivity contribution is -0.127. The summed E-state index contributed by atoms with van der Waals surface area (Å²) in [5.74, 6) is 0.657. The van der Waals surface area contributed by atoms with Gasteiger partial charge in [0.1, 0.15) is 11.5 Å². The quantitative estimate of drug-likeness (QED) is 0.673. The van der Waals surface area contributed by atoms with Crippen LogP contribution in [0.2, 0.25) is 5.02 Å². The minimum absolute atomic E-state index is 0.457. The van der Waals surface area contributed by atoms with Crippen LogP contribution >= 0.6 is 11.6 Å². The average Bonchev–Trinajstić information content (AvgIpc) is 2.61. The Hall–Kier alpha value is -2.93. The van der Waals surface area contributed by atoms with E-state index < -0.39 is 18.0 Å². The van der Waals surface area contributed by atoms with Gasteiger partial charge in [0, 0.05) is 10.7 Å². The summed E-state index contributed by atoms with van der Waals surface area (Å²) < 4.78 is 10.8. The highest BCUT2D eigenvalue weighted by molar-refractivity contribution is 6.30. The van der Waals surface area contributed by atoms with Gasteiger partial charge < -0.3 is 14.8 Å². The summed E-state index contributed by atoms with van der Waals surface area (Å²) in [7, 11) is 0. The largest absolute Gasteiger partial charge is 0.494 e. The topological polar surface area (TPSA) is 88.7 Å². The predicted octanol–water partition coefficient (Wildman–Crippen LogP) is 3.36. The van der Waals surface area contributed by atoms with Crippen LogP contribution < -0.4 is 25.6 Å². The smallest absolute Gasteiger partial charge is 0.337 e. The van der Waals surface area contributed by atoms with E-state index in [1.165, 1.54) is 0 Å². The molecule has 2 aromatic carbocycles. The molecule has 0 bridgehead atoms. The van der Waals surface area contributed by atoms with Crippen molar-refractivity contribution in [1.29, 1.82) is 0 Å². The lowest BCUT2D eigenvalue weighted by Crippen LogP contribution is -2.48. The number of hydrogen-bond donors (Lipinski definition) is 3. The van der Waals surface area contributed by atoms with E-state index in [2.05, 4.69) is 16.2 Å². The van der Waals surface area contributed by atoms with E-state index in [4.69, 9.17) is 21.1 Å². The third-order valence-electron chi connectivity index (χ3n) is 3.20. The van der Waals surface area contributed by atoms with Crippen LogP contribution in [-0.2, 0) is 4.79 Å². The summed E-state index contributed by atoms with van der Waals surface area (Å²) >= 11 is 5.86. The second-order valence-electron chi connectivity index (χ2n) is 5.24. The zero-order chi connectivity index (χ0) is 18.9. The van der Waals surface area contributed by atoms with Crippen LogP contribution in [-0.4, -0.2) is 24.6 Å². The predicted molar refractivity (Wildman–Crippen MR) is 99.5 cm³/mol. The number of halogens is 1. The molecule has 7 nitrogen and oxygen atoms in total. The molecule has 0 fully saturated rings. The Balaban J connectivity index is 1.77. The maximum absolute atomic E-state index is 12.0. The van der Waals surface area contributed by atoms with Crippen molar-refractivity contribution < 1.29 is 19.1 Å². The van der Waals surface area contributed by atoms with Crippen molar-refractivity contribution in [2.75, 3.05) is 11.9 Å². The van der Waals surface area contributed by atoms with Crippen LogP contribution in [0.5, 0.6) is 11.5 Å². The molecule has 0 heterocycles. The Morgan fingerprint density at radius 1 is 1.08 bits per heavy atom. The Labute approximate surface area is 156 Å². The molecular formula is C18H20ClN3O4.